The molecule has 2 fully saturated rings. The van der Waals surface area contributed by atoms with Gasteiger partial charge < -0.3 is 5.73 Å². The zero-order valence-electron chi connectivity index (χ0n) is 15.1. The molecule has 1 amide bonds. The highest BCUT2D eigenvalue weighted by atomic mass is 16.7. The number of nitrogens with two attached hydrogens (primary N) is 1. The van der Waals surface area contributed by atoms with Crippen LogP contribution in [0.4, 0.5) is 0 Å². The first-order valence-corrected chi connectivity index (χ1v) is 9.88. The lowest BCUT2D eigenvalue weighted by Crippen LogP contribution is -2.45. The van der Waals surface area contributed by atoms with Crippen molar-refractivity contribution in [3.8, 4) is 0 Å². The van der Waals surface area contributed by atoms with Crippen LogP contribution in [0.25, 0.3) is 0 Å². The van der Waals surface area contributed by atoms with Crippen molar-refractivity contribution in [2.75, 3.05) is 7.11 Å². The second-order valence-electron chi connectivity index (χ2n) is 8.03. The summed E-state index contributed by atoms with van der Waals surface area (Å²) in [7, 11) is 1.50. The summed E-state index contributed by atoms with van der Waals surface area (Å²) in [4.78, 5) is 22.9. The molecule has 0 aromatic heterocycles. The van der Waals surface area contributed by atoms with Gasteiger partial charge in [-0.25, -0.2) is 4.99 Å². The lowest BCUT2D eigenvalue weighted by molar-refractivity contribution is -0.159. The Hall–Kier alpha value is -1.10. The number of guanidine groups is 1. The van der Waals surface area contributed by atoms with Gasteiger partial charge >= 0.3 is 0 Å². The molecule has 2 aliphatic carbocycles. The number of amides is 1. The second kappa shape index (κ2) is 7.85. The highest BCUT2D eigenvalue weighted by molar-refractivity contribution is 6.05. The van der Waals surface area contributed by atoms with E-state index in [1.54, 1.807) is 0 Å². The van der Waals surface area contributed by atoms with Gasteiger partial charge in [0.1, 0.15) is 5.54 Å². The largest absolute Gasteiger partial charge is 0.368 e. The Morgan fingerprint density at radius 1 is 1.08 bits per heavy atom. The van der Waals surface area contributed by atoms with Crippen LogP contribution < -0.4 is 5.73 Å². The zero-order valence-corrected chi connectivity index (χ0v) is 15.1. The maximum Gasteiger partial charge on any atom is 0.281 e. The number of carbonyl (C=O) groups is 1. The van der Waals surface area contributed by atoms with E-state index in [1.807, 2.05) is 0 Å². The Bertz CT molecular complexity index is 467. The lowest BCUT2D eigenvalue weighted by Gasteiger charge is -2.33. The molecular weight excluding hydrogens is 302 g/mol. The summed E-state index contributed by atoms with van der Waals surface area (Å²) in [5, 5.41) is 1.21. The van der Waals surface area contributed by atoms with E-state index in [2.05, 4.69) is 4.99 Å². The van der Waals surface area contributed by atoms with Crippen LogP contribution in [-0.4, -0.2) is 29.6 Å². The van der Waals surface area contributed by atoms with Crippen LogP contribution in [0.2, 0.25) is 0 Å². The van der Waals surface area contributed by atoms with Crippen molar-refractivity contribution in [1.82, 2.24) is 5.06 Å². The molecule has 0 bridgehead atoms. The fourth-order valence-corrected chi connectivity index (χ4v) is 4.97. The van der Waals surface area contributed by atoms with E-state index in [9.17, 15) is 4.79 Å². The third-order valence-electron chi connectivity index (χ3n) is 6.34. The number of rotatable bonds is 6. The predicted molar refractivity (Wildman–Crippen MR) is 95.2 cm³/mol. The van der Waals surface area contributed by atoms with Crippen molar-refractivity contribution >= 4 is 11.9 Å². The maximum absolute atomic E-state index is 13.0. The van der Waals surface area contributed by atoms with Crippen LogP contribution in [0.1, 0.15) is 83.5 Å². The average Bonchev–Trinajstić information content (AvgIpc) is 2.85. The normalized spacial score (nSPS) is 30.0. The molecule has 0 radical (unpaired) electrons. The van der Waals surface area contributed by atoms with Gasteiger partial charge in [0.25, 0.3) is 5.91 Å². The zero-order chi connectivity index (χ0) is 17.0. The summed E-state index contributed by atoms with van der Waals surface area (Å²) in [6.45, 7) is 0. The van der Waals surface area contributed by atoms with Crippen LogP contribution in [-0.2, 0) is 9.63 Å². The number of aliphatic imine (C=N–C) groups is 1. The summed E-state index contributed by atoms with van der Waals surface area (Å²) in [6.07, 6.45) is 15.8. The molecule has 3 rings (SSSR count). The Kier molecular flexibility index (Phi) is 5.80. The molecule has 0 spiro atoms. The molecule has 2 N–H and O–H groups in total. The average molecular weight is 335 g/mol. The van der Waals surface area contributed by atoms with Gasteiger partial charge in [-0.05, 0) is 31.1 Å². The van der Waals surface area contributed by atoms with Crippen molar-refractivity contribution in [2.24, 2.45) is 22.6 Å². The SMILES string of the molecule is CON1C(=O)[C@@](CCC2CCCCC2)(CC2CCCCC2)N=C1N. The van der Waals surface area contributed by atoms with Crippen molar-refractivity contribution in [3.05, 3.63) is 0 Å². The third kappa shape index (κ3) is 3.76. The molecule has 5 nitrogen and oxygen atoms in total. The molecule has 1 atom stereocenters. The van der Waals surface area contributed by atoms with Gasteiger partial charge in [-0.2, -0.15) is 5.06 Å². The van der Waals surface area contributed by atoms with E-state index in [0.29, 0.717) is 5.92 Å². The summed E-state index contributed by atoms with van der Waals surface area (Å²) in [5.74, 6) is 1.55. The van der Waals surface area contributed by atoms with E-state index < -0.39 is 5.54 Å². The lowest BCUT2D eigenvalue weighted by atomic mass is 9.75. The molecular formula is C19H33N3O2. The standard InChI is InChI=1S/C19H33N3O2/c1-24-22-17(23)19(21-18(22)20,14-16-10-6-3-7-11-16)13-12-15-8-4-2-5-9-15/h15-16H,2-14H2,1H3,(H2,20,21)/t19-/m1/s1. The molecule has 0 unspecified atom stereocenters. The van der Waals surface area contributed by atoms with Crippen LogP contribution >= 0.6 is 0 Å². The van der Waals surface area contributed by atoms with Crippen molar-refractivity contribution in [3.63, 3.8) is 0 Å². The maximum atomic E-state index is 13.0. The Balaban J connectivity index is 1.71. The van der Waals surface area contributed by atoms with Gasteiger partial charge in [-0.1, -0.05) is 64.2 Å². The van der Waals surface area contributed by atoms with E-state index in [0.717, 1.165) is 25.2 Å². The number of hydrogen-bond acceptors (Lipinski definition) is 4. The first-order chi connectivity index (χ1) is 11.6. The van der Waals surface area contributed by atoms with Gasteiger partial charge in [-0.3, -0.25) is 9.63 Å². The van der Waals surface area contributed by atoms with Crippen molar-refractivity contribution < 1.29 is 9.63 Å². The highest BCUT2D eigenvalue weighted by Gasteiger charge is 2.49. The van der Waals surface area contributed by atoms with Gasteiger partial charge in [0.15, 0.2) is 0 Å². The fourth-order valence-electron chi connectivity index (χ4n) is 4.97. The minimum Gasteiger partial charge on any atom is -0.368 e. The van der Waals surface area contributed by atoms with Gasteiger partial charge in [0.2, 0.25) is 5.96 Å². The molecule has 0 aromatic carbocycles. The topological polar surface area (TPSA) is 67.9 Å². The van der Waals surface area contributed by atoms with E-state index in [1.165, 1.54) is 76.4 Å². The molecule has 2 saturated carbocycles. The molecule has 0 aromatic rings. The molecule has 1 aliphatic heterocycles. The fraction of sp³-hybridized carbons (Fsp3) is 0.895. The van der Waals surface area contributed by atoms with E-state index in [-0.39, 0.29) is 11.9 Å². The number of hydrogen-bond donors (Lipinski definition) is 1. The monoisotopic (exact) mass is 335 g/mol. The van der Waals surface area contributed by atoms with E-state index >= 15 is 0 Å². The highest BCUT2D eigenvalue weighted by Crippen LogP contribution is 2.40. The molecule has 136 valence electrons. The second-order valence-corrected chi connectivity index (χ2v) is 8.03. The Morgan fingerprint density at radius 3 is 2.21 bits per heavy atom. The summed E-state index contributed by atoms with van der Waals surface area (Å²) in [5.41, 5.74) is 5.33. The minimum atomic E-state index is -0.667. The minimum absolute atomic E-state index is 0.0381. The first kappa shape index (κ1) is 17.7. The number of hydroxylamine groups is 2. The van der Waals surface area contributed by atoms with Gasteiger partial charge in [0, 0.05) is 0 Å². The third-order valence-corrected chi connectivity index (χ3v) is 6.34. The van der Waals surface area contributed by atoms with Crippen LogP contribution in [0.3, 0.4) is 0 Å². The summed E-state index contributed by atoms with van der Waals surface area (Å²) >= 11 is 0. The van der Waals surface area contributed by atoms with Crippen molar-refractivity contribution in [2.45, 2.75) is 89.0 Å². The van der Waals surface area contributed by atoms with Gasteiger partial charge in [-0.15, -0.1) is 0 Å². The van der Waals surface area contributed by atoms with Crippen LogP contribution in [0.15, 0.2) is 4.99 Å². The van der Waals surface area contributed by atoms with Crippen molar-refractivity contribution in [1.29, 1.82) is 0 Å². The van der Waals surface area contributed by atoms with E-state index in [4.69, 9.17) is 10.6 Å². The first-order valence-electron chi connectivity index (χ1n) is 9.88. The molecule has 0 saturated heterocycles. The molecule has 1 heterocycles. The Labute approximate surface area is 146 Å². The predicted octanol–water partition coefficient (Wildman–Crippen LogP) is 3.77. The molecule has 24 heavy (non-hydrogen) atoms. The number of nitrogens with zero attached hydrogens (tertiary/aromatic N) is 2. The molecule has 5 heteroatoms. The Morgan fingerprint density at radius 2 is 1.67 bits per heavy atom. The van der Waals surface area contributed by atoms with Crippen LogP contribution in [0, 0.1) is 11.8 Å². The summed E-state index contributed by atoms with van der Waals surface area (Å²) in [6, 6.07) is 0. The quantitative estimate of drug-likeness (QED) is 0.803. The smallest absolute Gasteiger partial charge is 0.281 e. The number of carbonyl (C=O) groups excluding carboxylic acids is 1. The summed E-state index contributed by atoms with van der Waals surface area (Å²) < 4.78 is 0. The molecule has 3 aliphatic rings. The van der Waals surface area contributed by atoms with Gasteiger partial charge in [0.05, 0.1) is 7.11 Å². The van der Waals surface area contributed by atoms with Crippen LogP contribution in [0.5, 0.6) is 0 Å².